The molecule has 0 bridgehead atoms. The molecular weight excluding hydrogens is 240 g/mol. The fraction of sp³-hybridized carbons (Fsp3) is 0.286. The Hall–Kier alpha value is -2.30. The van der Waals surface area contributed by atoms with Gasteiger partial charge in [-0.15, -0.1) is 0 Å². The summed E-state index contributed by atoms with van der Waals surface area (Å²) in [5.41, 5.74) is 8.45. The van der Waals surface area contributed by atoms with Crippen molar-refractivity contribution < 1.29 is 4.79 Å². The van der Waals surface area contributed by atoms with Crippen molar-refractivity contribution in [2.75, 3.05) is 11.1 Å². The summed E-state index contributed by atoms with van der Waals surface area (Å²) in [6.45, 7) is 4.09. The van der Waals surface area contributed by atoms with Crippen LogP contribution in [0.5, 0.6) is 0 Å². The zero-order chi connectivity index (χ0) is 14.0. The molecule has 0 aliphatic carbocycles. The Kier molecular flexibility index (Phi) is 3.55. The van der Waals surface area contributed by atoms with E-state index in [2.05, 4.69) is 10.4 Å². The number of benzene rings is 1. The SMILES string of the molecule is CC(C)c1nn(C)cc1NC(=O)c1ccc(N)cc1. The van der Waals surface area contributed by atoms with Gasteiger partial charge in [0.15, 0.2) is 0 Å². The van der Waals surface area contributed by atoms with E-state index < -0.39 is 0 Å². The van der Waals surface area contributed by atoms with Gasteiger partial charge < -0.3 is 11.1 Å². The van der Waals surface area contributed by atoms with Crippen molar-refractivity contribution in [3.05, 3.63) is 41.7 Å². The molecule has 0 radical (unpaired) electrons. The quantitative estimate of drug-likeness (QED) is 0.830. The molecule has 0 saturated heterocycles. The number of nitrogens with two attached hydrogens (primary N) is 1. The summed E-state index contributed by atoms with van der Waals surface area (Å²) < 4.78 is 1.70. The fourth-order valence-corrected chi connectivity index (χ4v) is 1.86. The zero-order valence-corrected chi connectivity index (χ0v) is 11.3. The van der Waals surface area contributed by atoms with E-state index in [0.29, 0.717) is 11.3 Å². The van der Waals surface area contributed by atoms with Gasteiger partial charge >= 0.3 is 0 Å². The molecular formula is C14H18N4O. The average Bonchev–Trinajstić information content (AvgIpc) is 2.71. The summed E-state index contributed by atoms with van der Waals surface area (Å²) in [6, 6.07) is 6.83. The van der Waals surface area contributed by atoms with Gasteiger partial charge in [0, 0.05) is 24.5 Å². The second-order valence-corrected chi connectivity index (χ2v) is 4.83. The van der Waals surface area contributed by atoms with Crippen molar-refractivity contribution in [1.29, 1.82) is 0 Å². The second kappa shape index (κ2) is 5.14. The number of carbonyl (C=O) groups is 1. The van der Waals surface area contributed by atoms with Crippen molar-refractivity contribution >= 4 is 17.3 Å². The maximum atomic E-state index is 12.1. The lowest BCUT2D eigenvalue weighted by atomic mass is 10.1. The highest BCUT2D eigenvalue weighted by molar-refractivity contribution is 6.04. The van der Waals surface area contributed by atoms with E-state index in [1.807, 2.05) is 27.1 Å². The number of rotatable bonds is 3. The first-order valence-corrected chi connectivity index (χ1v) is 6.18. The van der Waals surface area contributed by atoms with Crippen LogP contribution in [-0.4, -0.2) is 15.7 Å². The monoisotopic (exact) mass is 258 g/mol. The van der Waals surface area contributed by atoms with Gasteiger partial charge in [-0.3, -0.25) is 9.48 Å². The van der Waals surface area contributed by atoms with Crippen molar-refractivity contribution in [2.45, 2.75) is 19.8 Å². The van der Waals surface area contributed by atoms with Crippen molar-refractivity contribution in [3.63, 3.8) is 0 Å². The van der Waals surface area contributed by atoms with Gasteiger partial charge in [-0.1, -0.05) is 13.8 Å². The molecule has 3 N–H and O–H groups in total. The first-order chi connectivity index (χ1) is 8.97. The summed E-state index contributed by atoms with van der Waals surface area (Å²) in [5, 5.41) is 7.24. The summed E-state index contributed by atoms with van der Waals surface area (Å²) >= 11 is 0. The van der Waals surface area contributed by atoms with Crippen LogP contribution in [0.25, 0.3) is 0 Å². The van der Waals surface area contributed by atoms with E-state index in [0.717, 1.165) is 11.4 Å². The van der Waals surface area contributed by atoms with Crippen LogP contribution in [0.4, 0.5) is 11.4 Å². The van der Waals surface area contributed by atoms with Gasteiger partial charge in [0.05, 0.1) is 11.4 Å². The van der Waals surface area contributed by atoms with Gasteiger partial charge in [0.2, 0.25) is 0 Å². The van der Waals surface area contributed by atoms with Crippen molar-refractivity contribution in [2.24, 2.45) is 7.05 Å². The van der Waals surface area contributed by atoms with Crippen LogP contribution in [0.2, 0.25) is 0 Å². The molecule has 0 aliphatic heterocycles. The second-order valence-electron chi connectivity index (χ2n) is 4.83. The molecule has 5 heteroatoms. The third-order valence-corrected chi connectivity index (χ3v) is 2.83. The highest BCUT2D eigenvalue weighted by atomic mass is 16.1. The summed E-state index contributed by atoms with van der Waals surface area (Å²) in [5.74, 6) is 0.0952. The Morgan fingerprint density at radius 1 is 1.32 bits per heavy atom. The number of nitrogen functional groups attached to an aromatic ring is 1. The smallest absolute Gasteiger partial charge is 0.255 e. The van der Waals surface area contributed by atoms with Crippen LogP contribution in [0.15, 0.2) is 30.5 Å². The van der Waals surface area contributed by atoms with Gasteiger partial charge in [-0.05, 0) is 30.2 Å². The number of aryl methyl sites for hydroxylation is 1. The molecule has 0 atom stereocenters. The maximum Gasteiger partial charge on any atom is 0.255 e. The van der Waals surface area contributed by atoms with Crippen LogP contribution in [0, 0.1) is 0 Å². The molecule has 1 amide bonds. The minimum atomic E-state index is -0.157. The summed E-state index contributed by atoms with van der Waals surface area (Å²) in [7, 11) is 1.84. The number of hydrogen-bond acceptors (Lipinski definition) is 3. The molecule has 1 aromatic carbocycles. The van der Waals surface area contributed by atoms with E-state index in [4.69, 9.17) is 5.73 Å². The Balaban J connectivity index is 2.21. The lowest BCUT2D eigenvalue weighted by molar-refractivity contribution is 0.102. The molecule has 2 rings (SSSR count). The molecule has 19 heavy (non-hydrogen) atoms. The first-order valence-electron chi connectivity index (χ1n) is 6.18. The minimum absolute atomic E-state index is 0.157. The molecule has 0 saturated carbocycles. The lowest BCUT2D eigenvalue weighted by Crippen LogP contribution is -2.13. The number of aromatic nitrogens is 2. The lowest BCUT2D eigenvalue weighted by Gasteiger charge is -2.07. The summed E-state index contributed by atoms with van der Waals surface area (Å²) in [6.07, 6.45) is 1.81. The third kappa shape index (κ3) is 2.93. The predicted molar refractivity (Wildman–Crippen MR) is 76.1 cm³/mol. The molecule has 2 aromatic rings. The number of nitrogens with zero attached hydrogens (tertiary/aromatic N) is 2. The molecule has 0 spiro atoms. The van der Waals surface area contributed by atoms with E-state index in [-0.39, 0.29) is 11.8 Å². The maximum absolute atomic E-state index is 12.1. The first kappa shape index (κ1) is 13.1. The number of anilines is 2. The fourth-order valence-electron chi connectivity index (χ4n) is 1.86. The van der Waals surface area contributed by atoms with Crippen molar-refractivity contribution in [1.82, 2.24) is 9.78 Å². The molecule has 0 unspecified atom stereocenters. The Bertz CT molecular complexity index is 584. The normalized spacial score (nSPS) is 10.7. The van der Waals surface area contributed by atoms with E-state index in [1.165, 1.54) is 0 Å². The Labute approximate surface area is 112 Å². The van der Waals surface area contributed by atoms with Crippen molar-refractivity contribution in [3.8, 4) is 0 Å². The van der Waals surface area contributed by atoms with Gasteiger partial charge in [0.25, 0.3) is 5.91 Å². The Morgan fingerprint density at radius 2 is 1.95 bits per heavy atom. The topological polar surface area (TPSA) is 72.9 Å². The molecule has 1 heterocycles. The zero-order valence-electron chi connectivity index (χ0n) is 11.3. The van der Waals surface area contributed by atoms with Gasteiger partial charge in [-0.2, -0.15) is 5.10 Å². The average molecular weight is 258 g/mol. The third-order valence-electron chi connectivity index (χ3n) is 2.83. The number of hydrogen-bond donors (Lipinski definition) is 2. The van der Waals surface area contributed by atoms with E-state index in [9.17, 15) is 4.79 Å². The molecule has 0 fully saturated rings. The highest BCUT2D eigenvalue weighted by Gasteiger charge is 2.14. The Morgan fingerprint density at radius 3 is 2.53 bits per heavy atom. The van der Waals surface area contributed by atoms with Crippen LogP contribution >= 0.6 is 0 Å². The van der Waals surface area contributed by atoms with Gasteiger partial charge in [0.1, 0.15) is 0 Å². The van der Waals surface area contributed by atoms with Gasteiger partial charge in [-0.25, -0.2) is 0 Å². The molecule has 5 nitrogen and oxygen atoms in total. The number of carbonyl (C=O) groups excluding carboxylic acids is 1. The van der Waals surface area contributed by atoms with E-state index >= 15 is 0 Å². The van der Waals surface area contributed by atoms with Crippen LogP contribution in [0.3, 0.4) is 0 Å². The number of amides is 1. The molecule has 1 aromatic heterocycles. The molecule has 0 aliphatic rings. The highest BCUT2D eigenvalue weighted by Crippen LogP contribution is 2.22. The largest absolute Gasteiger partial charge is 0.399 e. The van der Waals surface area contributed by atoms with Crippen LogP contribution in [-0.2, 0) is 7.05 Å². The summed E-state index contributed by atoms with van der Waals surface area (Å²) in [4.78, 5) is 12.1. The standard InChI is InChI=1S/C14H18N4O/c1-9(2)13-12(8-18(3)17-13)16-14(19)10-4-6-11(15)7-5-10/h4-9H,15H2,1-3H3,(H,16,19). The predicted octanol–water partition coefficient (Wildman–Crippen LogP) is 2.38. The number of nitrogens with one attached hydrogen (secondary N) is 1. The van der Waals surface area contributed by atoms with E-state index in [1.54, 1.807) is 28.9 Å². The van der Waals surface area contributed by atoms with Crippen LogP contribution in [0.1, 0.15) is 35.8 Å². The molecule has 100 valence electrons. The minimum Gasteiger partial charge on any atom is -0.399 e. The van der Waals surface area contributed by atoms with Crippen LogP contribution < -0.4 is 11.1 Å².